The molecule has 3 rings (SSSR count). The first-order valence-corrected chi connectivity index (χ1v) is 8.08. The van der Waals surface area contributed by atoms with Gasteiger partial charge in [0.15, 0.2) is 0 Å². The van der Waals surface area contributed by atoms with Crippen LogP contribution in [0.2, 0.25) is 0 Å². The first-order chi connectivity index (χ1) is 10.7. The van der Waals surface area contributed by atoms with Gasteiger partial charge in [0.05, 0.1) is 11.9 Å². The highest BCUT2D eigenvalue weighted by atomic mass is 32.1. The molecule has 2 heterocycles. The zero-order chi connectivity index (χ0) is 15.5. The summed E-state index contributed by atoms with van der Waals surface area (Å²) in [6.07, 6.45) is 7.09. The van der Waals surface area contributed by atoms with E-state index in [0.717, 1.165) is 33.9 Å². The molecule has 2 aromatic heterocycles. The minimum absolute atomic E-state index is 0.0372. The largest absolute Gasteiger partial charge is 0.284 e. The van der Waals surface area contributed by atoms with Crippen molar-refractivity contribution < 1.29 is 0 Å². The molecule has 0 spiro atoms. The second-order valence-electron chi connectivity index (χ2n) is 5.07. The van der Waals surface area contributed by atoms with E-state index in [1.807, 2.05) is 36.4 Å². The summed E-state index contributed by atoms with van der Waals surface area (Å²) in [7, 11) is 0. The fraction of sp³-hybridized carbons (Fsp3) is 0.222. The Kier molecular flexibility index (Phi) is 4.08. The highest BCUT2D eigenvalue weighted by Gasteiger charge is 2.13. The number of hydrogen-bond donors (Lipinski definition) is 0. The summed E-state index contributed by atoms with van der Waals surface area (Å²) in [4.78, 5) is 19.2. The molecular formula is C18H16N2OS. The lowest BCUT2D eigenvalue weighted by Crippen LogP contribution is -2.24. The molecule has 110 valence electrons. The van der Waals surface area contributed by atoms with Gasteiger partial charge in [-0.3, -0.25) is 9.36 Å². The Balaban J connectivity index is 2.22. The molecule has 0 saturated heterocycles. The number of thiophene rings is 1. The van der Waals surface area contributed by atoms with E-state index in [1.54, 1.807) is 15.9 Å². The van der Waals surface area contributed by atoms with E-state index in [-0.39, 0.29) is 12.1 Å². The van der Waals surface area contributed by atoms with Crippen molar-refractivity contribution in [3.05, 3.63) is 52.6 Å². The number of fused-ring (bicyclic) bond motifs is 1. The number of aromatic nitrogens is 2. The maximum Gasteiger partial charge on any atom is 0.263 e. The molecule has 1 aromatic carbocycles. The van der Waals surface area contributed by atoms with Gasteiger partial charge in [-0.05, 0) is 18.1 Å². The van der Waals surface area contributed by atoms with Gasteiger partial charge in [0, 0.05) is 11.3 Å². The van der Waals surface area contributed by atoms with E-state index in [2.05, 4.69) is 17.8 Å². The van der Waals surface area contributed by atoms with Crippen molar-refractivity contribution in [1.29, 1.82) is 0 Å². The van der Waals surface area contributed by atoms with E-state index in [0.29, 0.717) is 5.39 Å². The Morgan fingerprint density at radius 1 is 1.32 bits per heavy atom. The summed E-state index contributed by atoms with van der Waals surface area (Å²) in [5.74, 6) is 3.33. The van der Waals surface area contributed by atoms with Crippen molar-refractivity contribution in [1.82, 2.24) is 9.55 Å². The van der Waals surface area contributed by atoms with Crippen LogP contribution in [0.4, 0.5) is 0 Å². The van der Waals surface area contributed by atoms with Crippen LogP contribution >= 0.6 is 11.3 Å². The molecule has 22 heavy (non-hydrogen) atoms. The van der Waals surface area contributed by atoms with Crippen molar-refractivity contribution in [2.45, 2.75) is 26.3 Å². The van der Waals surface area contributed by atoms with Crippen LogP contribution in [0.15, 0.2) is 41.2 Å². The first-order valence-electron chi connectivity index (χ1n) is 7.26. The third kappa shape index (κ3) is 2.56. The molecular weight excluding hydrogens is 292 g/mol. The van der Waals surface area contributed by atoms with E-state index >= 15 is 0 Å². The summed E-state index contributed by atoms with van der Waals surface area (Å²) >= 11 is 1.56. The highest BCUT2D eigenvalue weighted by Crippen LogP contribution is 2.31. The van der Waals surface area contributed by atoms with Crippen molar-refractivity contribution in [2.24, 2.45) is 0 Å². The normalized spacial score (nSPS) is 10.7. The van der Waals surface area contributed by atoms with Crippen LogP contribution < -0.4 is 5.56 Å². The van der Waals surface area contributed by atoms with Crippen LogP contribution in [0.25, 0.3) is 20.7 Å². The second kappa shape index (κ2) is 6.17. The smallest absolute Gasteiger partial charge is 0.263 e. The van der Waals surface area contributed by atoms with Gasteiger partial charge in [-0.2, -0.15) is 0 Å². The predicted octanol–water partition coefficient (Wildman–Crippen LogP) is 3.71. The van der Waals surface area contributed by atoms with Crippen LogP contribution in [0, 0.1) is 12.3 Å². The minimum Gasteiger partial charge on any atom is -0.284 e. The fourth-order valence-electron chi connectivity index (χ4n) is 2.47. The number of benzene rings is 1. The van der Waals surface area contributed by atoms with Gasteiger partial charge in [-0.25, -0.2) is 4.98 Å². The molecule has 0 unspecified atom stereocenters. The third-order valence-corrected chi connectivity index (χ3v) is 4.59. The number of hydrogen-bond acceptors (Lipinski definition) is 3. The highest BCUT2D eigenvalue weighted by molar-refractivity contribution is 7.21. The number of rotatable bonds is 4. The molecule has 0 N–H and O–H groups in total. The van der Waals surface area contributed by atoms with Crippen molar-refractivity contribution in [3.8, 4) is 22.8 Å². The van der Waals surface area contributed by atoms with Crippen LogP contribution in [0.5, 0.6) is 0 Å². The van der Waals surface area contributed by atoms with Gasteiger partial charge >= 0.3 is 0 Å². The zero-order valence-corrected chi connectivity index (χ0v) is 13.2. The maximum absolute atomic E-state index is 12.7. The molecule has 0 bridgehead atoms. The van der Waals surface area contributed by atoms with Gasteiger partial charge in [-0.15, -0.1) is 17.8 Å². The molecule has 0 radical (unpaired) electrons. The predicted molar refractivity (Wildman–Crippen MR) is 92.1 cm³/mol. The average Bonchev–Trinajstić information content (AvgIpc) is 2.97. The van der Waals surface area contributed by atoms with Crippen molar-refractivity contribution in [2.75, 3.05) is 0 Å². The Morgan fingerprint density at radius 2 is 2.09 bits per heavy atom. The molecule has 0 aliphatic carbocycles. The van der Waals surface area contributed by atoms with Crippen LogP contribution in [0.3, 0.4) is 0 Å². The summed E-state index contributed by atoms with van der Waals surface area (Å²) in [6.45, 7) is 2.34. The SMILES string of the molecule is C#CCn1c(CCC)nc2sc(-c3ccccc3)cc2c1=O. The molecule has 4 heteroatoms. The third-order valence-electron chi connectivity index (χ3n) is 3.51. The van der Waals surface area contributed by atoms with Gasteiger partial charge in [0.1, 0.15) is 10.7 Å². The van der Waals surface area contributed by atoms with Gasteiger partial charge in [0.25, 0.3) is 5.56 Å². The van der Waals surface area contributed by atoms with Crippen molar-refractivity contribution in [3.63, 3.8) is 0 Å². The summed E-state index contributed by atoms with van der Waals surface area (Å²) in [5.41, 5.74) is 1.07. The van der Waals surface area contributed by atoms with Gasteiger partial charge < -0.3 is 0 Å². The summed E-state index contributed by atoms with van der Waals surface area (Å²) in [5, 5.41) is 0.652. The lowest BCUT2D eigenvalue weighted by Gasteiger charge is -2.08. The lowest BCUT2D eigenvalue weighted by molar-refractivity contribution is 0.686. The Labute approximate surface area is 133 Å². The molecule has 0 aliphatic heterocycles. The minimum atomic E-state index is -0.0372. The summed E-state index contributed by atoms with van der Waals surface area (Å²) in [6, 6.07) is 12.0. The molecule has 0 atom stereocenters. The van der Waals surface area contributed by atoms with E-state index in [4.69, 9.17) is 6.42 Å². The zero-order valence-electron chi connectivity index (χ0n) is 12.4. The van der Waals surface area contributed by atoms with Crippen LogP contribution in [0.1, 0.15) is 19.2 Å². The number of aryl methyl sites for hydroxylation is 1. The summed E-state index contributed by atoms with van der Waals surface area (Å²) < 4.78 is 1.62. The number of nitrogens with zero attached hydrogens (tertiary/aromatic N) is 2. The molecule has 0 amide bonds. The van der Waals surface area contributed by atoms with Crippen LogP contribution in [-0.2, 0) is 13.0 Å². The van der Waals surface area contributed by atoms with Gasteiger partial charge in [-0.1, -0.05) is 43.2 Å². The van der Waals surface area contributed by atoms with Crippen molar-refractivity contribution >= 4 is 21.6 Å². The molecule has 3 nitrogen and oxygen atoms in total. The Hall–Kier alpha value is -2.38. The monoisotopic (exact) mass is 308 g/mol. The average molecular weight is 308 g/mol. The first kappa shape index (κ1) is 14.6. The maximum atomic E-state index is 12.7. The number of terminal acetylenes is 1. The topological polar surface area (TPSA) is 34.9 Å². The standard InChI is InChI=1S/C18H16N2OS/c1-3-8-16-19-17-14(18(21)20(16)11-4-2)12-15(22-17)13-9-6-5-7-10-13/h2,5-7,9-10,12H,3,8,11H2,1H3. The molecule has 0 saturated carbocycles. The molecule has 3 aromatic rings. The second-order valence-corrected chi connectivity index (χ2v) is 6.10. The van der Waals surface area contributed by atoms with E-state index < -0.39 is 0 Å². The molecule has 0 aliphatic rings. The van der Waals surface area contributed by atoms with E-state index in [9.17, 15) is 4.79 Å². The van der Waals surface area contributed by atoms with Gasteiger partial charge in [0.2, 0.25) is 0 Å². The molecule has 0 fully saturated rings. The van der Waals surface area contributed by atoms with E-state index in [1.165, 1.54) is 0 Å². The lowest BCUT2D eigenvalue weighted by atomic mass is 10.2. The van der Waals surface area contributed by atoms with Crippen LogP contribution in [-0.4, -0.2) is 9.55 Å². The Bertz CT molecular complexity index is 900. The Morgan fingerprint density at radius 3 is 2.77 bits per heavy atom. The fourth-order valence-corrected chi connectivity index (χ4v) is 3.52. The quantitative estimate of drug-likeness (QED) is 0.689.